The second-order valence-corrected chi connectivity index (χ2v) is 16.1. The monoisotopic (exact) mass is 932 g/mol. The molecule has 0 atom stereocenters. The molecule has 20 nitrogen and oxygen atoms in total. The molecule has 22 heteroatoms. The van der Waals surface area contributed by atoms with E-state index in [-0.39, 0.29) is 37.6 Å². The number of fused-ring (bicyclic) bond motifs is 1. The van der Waals surface area contributed by atoms with E-state index in [0.29, 0.717) is 170 Å². The first-order valence-corrected chi connectivity index (χ1v) is 24.0. The molecule has 2 N–H and O–H groups in total. The van der Waals surface area contributed by atoms with Crippen molar-refractivity contribution in [2.45, 2.75) is 12.8 Å². The second-order valence-electron chi connectivity index (χ2n) is 13.0. The number of ether oxygens (including phenoxy) is 14. The number of hydrogen-bond donors (Lipinski definition) is 2. The van der Waals surface area contributed by atoms with Gasteiger partial charge in [0.05, 0.1) is 157 Å². The minimum atomic E-state index is -3.94. The largest absolute Gasteiger partial charge is 0.487 e. The SMILES string of the molecule is O=S(=O)(O)CCCOCCOCCOCCOCCOCCOCCOc1cc2ccccc2cc1OCCOCCOCCOCCOCCOCCOCCCS(=O)(=O)O. The van der Waals surface area contributed by atoms with E-state index < -0.39 is 20.2 Å². The zero-order valence-electron chi connectivity index (χ0n) is 35.7. The van der Waals surface area contributed by atoms with Gasteiger partial charge in [-0.05, 0) is 35.7 Å². The van der Waals surface area contributed by atoms with Gasteiger partial charge >= 0.3 is 0 Å². The van der Waals surface area contributed by atoms with Crippen LogP contribution in [0.4, 0.5) is 0 Å². The van der Waals surface area contributed by atoms with Crippen molar-refractivity contribution >= 4 is 31.0 Å². The third-order valence-electron chi connectivity index (χ3n) is 7.88. The molecule has 0 aliphatic carbocycles. The van der Waals surface area contributed by atoms with Crippen molar-refractivity contribution < 1.29 is 92.3 Å². The second kappa shape index (κ2) is 38.0. The van der Waals surface area contributed by atoms with E-state index >= 15 is 0 Å². The van der Waals surface area contributed by atoms with E-state index in [4.69, 9.17) is 75.4 Å². The molecule has 0 aliphatic rings. The smallest absolute Gasteiger partial charge is 0.264 e. The van der Waals surface area contributed by atoms with Crippen LogP contribution in [0, 0.1) is 0 Å². The fraction of sp³-hybridized carbons (Fsp3) is 0.750. The van der Waals surface area contributed by atoms with Crippen LogP contribution in [0.25, 0.3) is 10.8 Å². The minimum absolute atomic E-state index is 0.233. The van der Waals surface area contributed by atoms with Gasteiger partial charge in [-0.15, -0.1) is 0 Å². The molecule has 360 valence electrons. The summed E-state index contributed by atoms with van der Waals surface area (Å²) in [6.45, 7) is 10.1. The van der Waals surface area contributed by atoms with Crippen molar-refractivity contribution in [1.29, 1.82) is 0 Å². The van der Waals surface area contributed by atoms with Crippen LogP contribution in [-0.4, -0.2) is 209 Å². The van der Waals surface area contributed by atoms with E-state index in [9.17, 15) is 16.8 Å². The number of benzene rings is 2. The van der Waals surface area contributed by atoms with Gasteiger partial charge in [-0.25, -0.2) is 0 Å². The highest BCUT2D eigenvalue weighted by Crippen LogP contribution is 2.32. The zero-order chi connectivity index (χ0) is 44.7. The van der Waals surface area contributed by atoms with Gasteiger partial charge in [0.15, 0.2) is 11.5 Å². The Hall–Kier alpha value is -2.36. The molecule has 2 aromatic rings. The fourth-order valence-corrected chi connectivity index (χ4v) is 5.90. The molecule has 0 aliphatic heterocycles. The summed E-state index contributed by atoms with van der Waals surface area (Å²) in [7, 11) is -7.89. The van der Waals surface area contributed by atoms with Crippen LogP contribution < -0.4 is 9.47 Å². The van der Waals surface area contributed by atoms with Crippen LogP contribution in [0.15, 0.2) is 36.4 Å². The maximum Gasteiger partial charge on any atom is 0.264 e. The Morgan fingerprint density at radius 1 is 0.323 bits per heavy atom. The lowest BCUT2D eigenvalue weighted by Gasteiger charge is -2.15. The Kier molecular flexibility index (Phi) is 34.1. The third kappa shape index (κ3) is 35.0. The maximum absolute atomic E-state index is 10.6. The van der Waals surface area contributed by atoms with Gasteiger partial charge in [0.25, 0.3) is 20.2 Å². The van der Waals surface area contributed by atoms with E-state index in [2.05, 4.69) is 0 Å². The molecule has 0 heterocycles. The summed E-state index contributed by atoms with van der Waals surface area (Å²) in [5.74, 6) is 0.605. The molecule has 0 spiro atoms. The van der Waals surface area contributed by atoms with Gasteiger partial charge in [0.2, 0.25) is 0 Å². The van der Waals surface area contributed by atoms with Crippen LogP contribution in [0.1, 0.15) is 12.8 Å². The minimum Gasteiger partial charge on any atom is -0.487 e. The predicted octanol–water partition coefficient (Wildman–Crippen LogP) is 2.35. The van der Waals surface area contributed by atoms with Crippen molar-refractivity contribution in [3.63, 3.8) is 0 Å². The summed E-state index contributed by atoms with van der Waals surface area (Å²) in [4.78, 5) is 0. The van der Waals surface area contributed by atoms with Gasteiger partial charge < -0.3 is 66.3 Å². The number of rotatable bonds is 46. The topological polar surface area (TPSA) is 238 Å². The lowest BCUT2D eigenvalue weighted by atomic mass is 10.1. The average molecular weight is 933 g/mol. The van der Waals surface area contributed by atoms with E-state index in [1.54, 1.807) is 0 Å². The Morgan fingerprint density at radius 3 is 0.758 bits per heavy atom. The van der Waals surface area contributed by atoms with Crippen molar-refractivity contribution in [1.82, 2.24) is 0 Å². The lowest BCUT2D eigenvalue weighted by molar-refractivity contribution is -0.0180. The molecule has 0 fully saturated rings. The molecule has 0 unspecified atom stereocenters. The van der Waals surface area contributed by atoms with Crippen LogP contribution in [0.5, 0.6) is 11.5 Å². The van der Waals surface area contributed by atoms with Gasteiger partial charge in [0.1, 0.15) is 13.2 Å². The highest BCUT2D eigenvalue weighted by Gasteiger charge is 2.09. The molecule has 0 bridgehead atoms. The molecule has 62 heavy (non-hydrogen) atoms. The first-order chi connectivity index (χ1) is 30.1. The Balaban J connectivity index is 1.38. The first kappa shape index (κ1) is 55.8. The van der Waals surface area contributed by atoms with Crippen molar-refractivity contribution in [2.24, 2.45) is 0 Å². The summed E-state index contributed by atoms with van der Waals surface area (Å²) in [5.41, 5.74) is 0. The lowest BCUT2D eigenvalue weighted by Crippen LogP contribution is -2.15. The molecule has 0 aromatic heterocycles. The molecule has 0 saturated carbocycles. The predicted molar refractivity (Wildman–Crippen MR) is 227 cm³/mol. The summed E-state index contributed by atoms with van der Waals surface area (Å²) in [5, 5.41) is 2.07. The van der Waals surface area contributed by atoms with E-state index in [1.807, 2.05) is 36.4 Å². The normalized spacial score (nSPS) is 12.1. The molecule has 2 rings (SSSR count). The van der Waals surface area contributed by atoms with Crippen LogP contribution in [0.2, 0.25) is 0 Å². The first-order valence-electron chi connectivity index (χ1n) is 20.8. The highest BCUT2D eigenvalue weighted by atomic mass is 32.2. The fourth-order valence-electron chi connectivity index (χ4n) is 4.94. The molecular weight excluding hydrogens is 865 g/mol. The van der Waals surface area contributed by atoms with Crippen LogP contribution in [0.3, 0.4) is 0 Å². The Labute approximate surface area is 366 Å². The molecule has 2 aromatic carbocycles. The van der Waals surface area contributed by atoms with Gasteiger partial charge in [-0.2, -0.15) is 16.8 Å². The summed E-state index contributed by atoms with van der Waals surface area (Å²) in [6.07, 6.45) is 0.466. The molecule has 0 amide bonds. The Morgan fingerprint density at radius 2 is 0.532 bits per heavy atom. The van der Waals surface area contributed by atoms with Gasteiger partial charge in [-0.1, -0.05) is 24.3 Å². The van der Waals surface area contributed by atoms with E-state index in [0.717, 1.165) is 10.8 Å². The summed E-state index contributed by atoms with van der Waals surface area (Å²) < 4.78 is 137. The van der Waals surface area contributed by atoms with Crippen molar-refractivity contribution in [3.8, 4) is 11.5 Å². The molecule has 0 saturated heterocycles. The molecular formula is C40H68O20S2. The average Bonchev–Trinajstić information content (AvgIpc) is 3.23. The standard InChI is InChI=1S/C40H68O20S2/c41-61(42,43)33-3-7-47-9-11-49-13-15-51-17-19-53-21-23-55-25-27-57-29-31-59-39-35-37-5-1-2-6-38(37)36-40(39)60-32-30-58-28-26-56-24-22-54-20-18-52-16-14-50-12-10-48-8-4-34-62(44,45)46/h1-2,5-6,35-36H,3-4,7-34H2,(H,41,42,43)(H,44,45,46). The summed E-state index contributed by atoms with van der Waals surface area (Å²) in [6, 6.07) is 11.9. The third-order valence-corrected chi connectivity index (χ3v) is 9.49. The van der Waals surface area contributed by atoms with Crippen molar-refractivity contribution in [3.05, 3.63) is 36.4 Å². The van der Waals surface area contributed by atoms with Gasteiger partial charge in [-0.3, -0.25) is 9.11 Å². The molecule has 0 radical (unpaired) electrons. The quantitative estimate of drug-likeness (QED) is 0.0716. The van der Waals surface area contributed by atoms with Crippen LogP contribution in [-0.2, 0) is 77.1 Å². The van der Waals surface area contributed by atoms with Crippen molar-refractivity contribution in [2.75, 3.05) is 183 Å². The maximum atomic E-state index is 10.6. The van der Waals surface area contributed by atoms with Crippen LogP contribution >= 0.6 is 0 Å². The summed E-state index contributed by atoms with van der Waals surface area (Å²) >= 11 is 0. The van der Waals surface area contributed by atoms with E-state index in [1.165, 1.54) is 0 Å². The zero-order valence-corrected chi connectivity index (χ0v) is 37.4. The number of hydrogen-bond acceptors (Lipinski definition) is 18. The Bertz CT molecular complexity index is 1450. The highest BCUT2D eigenvalue weighted by molar-refractivity contribution is 7.86. The van der Waals surface area contributed by atoms with Gasteiger partial charge in [0, 0.05) is 13.2 Å².